The van der Waals surface area contributed by atoms with Gasteiger partial charge in [-0.05, 0) is 47.7 Å². The molecule has 0 atom stereocenters. The highest BCUT2D eigenvalue weighted by Crippen LogP contribution is 2.24. The second-order valence-electron chi connectivity index (χ2n) is 8.39. The van der Waals surface area contributed by atoms with Gasteiger partial charge in [-0.3, -0.25) is 9.10 Å². The zero-order valence-corrected chi connectivity index (χ0v) is 19.3. The Morgan fingerprint density at radius 3 is 2.39 bits per heavy atom. The maximum Gasteiger partial charge on any atom is 0.232 e. The third-order valence-corrected chi connectivity index (χ3v) is 5.87. The molecule has 0 saturated heterocycles. The van der Waals surface area contributed by atoms with Crippen LogP contribution in [-0.4, -0.2) is 40.3 Å². The Morgan fingerprint density at radius 2 is 1.81 bits per heavy atom. The van der Waals surface area contributed by atoms with Gasteiger partial charge in [0.2, 0.25) is 15.9 Å². The first-order chi connectivity index (χ1) is 14.5. The Kier molecular flexibility index (Phi) is 8.44. The smallest absolute Gasteiger partial charge is 0.232 e. The molecule has 0 radical (unpaired) electrons. The number of carbonyl (C=O) groups excluding carboxylic acids is 1. The lowest BCUT2D eigenvalue weighted by Crippen LogP contribution is -2.33. The molecule has 2 rings (SSSR count). The first-order valence-electron chi connectivity index (χ1n) is 10.2. The molecule has 0 aliphatic rings. The highest BCUT2D eigenvalue weighted by atomic mass is 32.2. The maximum absolute atomic E-state index is 13.4. The zero-order valence-electron chi connectivity index (χ0n) is 18.5. The summed E-state index contributed by atoms with van der Waals surface area (Å²) in [5.41, 5.74) is 1.54. The van der Waals surface area contributed by atoms with Crippen LogP contribution in [0.15, 0.2) is 48.5 Å². The summed E-state index contributed by atoms with van der Waals surface area (Å²) in [6.45, 7) is 7.20. The second-order valence-corrected chi connectivity index (χ2v) is 10.3. The molecule has 0 aliphatic heterocycles. The maximum atomic E-state index is 13.4. The predicted octanol–water partition coefficient (Wildman–Crippen LogP) is 3.86. The molecule has 0 spiro atoms. The third kappa shape index (κ3) is 8.20. The molecule has 0 heterocycles. The molecule has 170 valence electrons. The summed E-state index contributed by atoms with van der Waals surface area (Å²) >= 11 is 0. The van der Waals surface area contributed by atoms with Crippen molar-refractivity contribution in [1.29, 1.82) is 0 Å². The van der Waals surface area contributed by atoms with Gasteiger partial charge >= 0.3 is 0 Å². The van der Waals surface area contributed by atoms with Gasteiger partial charge in [0.15, 0.2) is 0 Å². The average molecular weight is 451 g/mol. The van der Waals surface area contributed by atoms with Gasteiger partial charge in [0.05, 0.1) is 18.5 Å². The summed E-state index contributed by atoms with van der Waals surface area (Å²) in [5, 5.41) is 2.76. The fraction of sp³-hybridized carbons (Fsp3) is 0.435. The summed E-state index contributed by atoms with van der Waals surface area (Å²) < 4.78 is 44.2. The standard InChI is InChI=1S/C23H31FN2O4S/c1-23(2,3)18-10-12-21(13-11-18)30-16-14-25-22(27)9-6-15-26(31(4,28)29)20-8-5-7-19(24)17-20/h5,7-8,10-13,17H,6,9,14-16H2,1-4H3,(H,25,27). The first kappa shape index (κ1) is 24.7. The van der Waals surface area contributed by atoms with Crippen LogP contribution in [-0.2, 0) is 20.2 Å². The van der Waals surface area contributed by atoms with E-state index in [4.69, 9.17) is 4.74 Å². The lowest BCUT2D eigenvalue weighted by molar-refractivity contribution is -0.121. The molecule has 0 aromatic heterocycles. The van der Waals surface area contributed by atoms with Gasteiger partial charge in [-0.2, -0.15) is 0 Å². The minimum absolute atomic E-state index is 0.0772. The molecule has 1 amide bonds. The van der Waals surface area contributed by atoms with Gasteiger partial charge in [0.25, 0.3) is 0 Å². The van der Waals surface area contributed by atoms with Crippen LogP contribution in [0.5, 0.6) is 5.75 Å². The Morgan fingerprint density at radius 1 is 1.13 bits per heavy atom. The van der Waals surface area contributed by atoms with Gasteiger partial charge < -0.3 is 10.1 Å². The van der Waals surface area contributed by atoms with Gasteiger partial charge in [-0.15, -0.1) is 0 Å². The number of nitrogens with one attached hydrogen (secondary N) is 1. The van der Waals surface area contributed by atoms with Crippen LogP contribution in [0, 0.1) is 5.82 Å². The molecule has 0 bridgehead atoms. The third-order valence-electron chi connectivity index (χ3n) is 4.67. The summed E-state index contributed by atoms with van der Waals surface area (Å²) in [6, 6.07) is 13.3. The van der Waals surface area contributed by atoms with Crippen molar-refractivity contribution < 1.29 is 22.3 Å². The number of hydrogen-bond donors (Lipinski definition) is 1. The molecule has 6 nitrogen and oxygen atoms in total. The van der Waals surface area contributed by atoms with Crippen LogP contribution in [0.1, 0.15) is 39.2 Å². The number of sulfonamides is 1. The molecular formula is C23H31FN2O4S. The number of rotatable bonds is 10. The number of carbonyl (C=O) groups is 1. The Balaban J connectivity index is 1.74. The molecule has 31 heavy (non-hydrogen) atoms. The minimum Gasteiger partial charge on any atom is -0.492 e. The Labute approximate surface area is 184 Å². The van der Waals surface area contributed by atoms with E-state index < -0.39 is 15.8 Å². The summed E-state index contributed by atoms with van der Waals surface area (Å²) in [4.78, 5) is 12.0. The number of benzene rings is 2. The van der Waals surface area contributed by atoms with E-state index in [1.807, 2.05) is 24.3 Å². The molecule has 0 aliphatic carbocycles. The van der Waals surface area contributed by atoms with Crippen molar-refractivity contribution in [3.63, 3.8) is 0 Å². The van der Waals surface area contributed by atoms with Gasteiger partial charge in [-0.1, -0.05) is 39.0 Å². The number of nitrogens with zero attached hydrogens (tertiary/aromatic N) is 1. The highest BCUT2D eigenvalue weighted by molar-refractivity contribution is 7.92. The number of ether oxygens (including phenoxy) is 1. The van der Waals surface area contributed by atoms with Crippen LogP contribution < -0.4 is 14.4 Å². The van der Waals surface area contributed by atoms with Gasteiger partial charge in [0.1, 0.15) is 18.2 Å². The molecule has 8 heteroatoms. The zero-order chi connectivity index (χ0) is 23.1. The normalized spacial score (nSPS) is 11.8. The fourth-order valence-electron chi connectivity index (χ4n) is 3.00. The van der Waals surface area contributed by atoms with E-state index in [2.05, 4.69) is 26.1 Å². The Hall–Kier alpha value is -2.61. The molecule has 1 N–H and O–H groups in total. The second kappa shape index (κ2) is 10.6. The van der Waals surface area contributed by atoms with Crippen molar-refractivity contribution in [1.82, 2.24) is 5.32 Å². The average Bonchev–Trinajstić information content (AvgIpc) is 2.67. The van der Waals surface area contributed by atoms with E-state index in [0.29, 0.717) is 19.6 Å². The molecule has 0 saturated carbocycles. The van der Waals surface area contributed by atoms with Crippen molar-refractivity contribution in [3.8, 4) is 5.75 Å². The van der Waals surface area contributed by atoms with Gasteiger partial charge in [-0.25, -0.2) is 12.8 Å². The molecule has 2 aromatic rings. The van der Waals surface area contributed by atoms with E-state index in [0.717, 1.165) is 22.4 Å². The fourth-order valence-corrected chi connectivity index (χ4v) is 3.96. The molecular weight excluding hydrogens is 419 g/mol. The summed E-state index contributed by atoms with van der Waals surface area (Å²) in [6.07, 6.45) is 1.52. The number of anilines is 1. The van der Waals surface area contributed by atoms with E-state index in [-0.39, 0.29) is 30.0 Å². The SMILES string of the molecule is CC(C)(C)c1ccc(OCCNC(=O)CCCN(c2cccc(F)c2)S(C)(=O)=O)cc1. The van der Waals surface area contributed by atoms with E-state index in [9.17, 15) is 17.6 Å². The van der Waals surface area contributed by atoms with E-state index in [1.54, 1.807) is 0 Å². The van der Waals surface area contributed by atoms with E-state index in [1.165, 1.54) is 23.8 Å². The van der Waals surface area contributed by atoms with Gasteiger partial charge in [0, 0.05) is 13.0 Å². The van der Waals surface area contributed by atoms with Crippen LogP contribution in [0.3, 0.4) is 0 Å². The van der Waals surface area contributed by atoms with Crippen LogP contribution in [0.2, 0.25) is 0 Å². The summed E-state index contributed by atoms with van der Waals surface area (Å²) in [7, 11) is -3.58. The molecule has 0 unspecified atom stereocenters. The van der Waals surface area contributed by atoms with Crippen LogP contribution in [0.4, 0.5) is 10.1 Å². The first-order valence-corrected chi connectivity index (χ1v) is 12.0. The van der Waals surface area contributed by atoms with Crippen molar-refractivity contribution in [3.05, 3.63) is 59.9 Å². The largest absolute Gasteiger partial charge is 0.492 e. The molecule has 2 aromatic carbocycles. The van der Waals surface area contributed by atoms with E-state index >= 15 is 0 Å². The molecule has 0 fully saturated rings. The highest BCUT2D eigenvalue weighted by Gasteiger charge is 2.18. The quantitative estimate of drug-likeness (QED) is 0.558. The lowest BCUT2D eigenvalue weighted by Gasteiger charge is -2.22. The van der Waals surface area contributed by atoms with Crippen LogP contribution >= 0.6 is 0 Å². The number of halogens is 1. The topological polar surface area (TPSA) is 75.7 Å². The monoisotopic (exact) mass is 450 g/mol. The number of amides is 1. The predicted molar refractivity (Wildman–Crippen MR) is 121 cm³/mol. The Bertz CT molecular complexity index is 970. The summed E-state index contributed by atoms with van der Waals surface area (Å²) in [5.74, 6) is 0.0254. The number of hydrogen-bond acceptors (Lipinski definition) is 4. The van der Waals surface area contributed by atoms with Crippen molar-refractivity contribution in [2.24, 2.45) is 0 Å². The van der Waals surface area contributed by atoms with Crippen molar-refractivity contribution in [2.45, 2.75) is 39.0 Å². The minimum atomic E-state index is -3.58. The van der Waals surface area contributed by atoms with Crippen molar-refractivity contribution >= 4 is 21.6 Å². The van der Waals surface area contributed by atoms with Crippen LogP contribution in [0.25, 0.3) is 0 Å². The lowest BCUT2D eigenvalue weighted by atomic mass is 9.87. The van der Waals surface area contributed by atoms with Crippen molar-refractivity contribution in [2.75, 3.05) is 30.3 Å².